The first-order valence-corrected chi connectivity index (χ1v) is 7.51. The van der Waals surface area contributed by atoms with Crippen LogP contribution in [0.15, 0.2) is 35.3 Å². The molecule has 10 heteroatoms. The van der Waals surface area contributed by atoms with E-state index in [9.17, 15) is 18.0 Å². The van der Waals surface area contributed by atoms with Gasteiger partial charge in [-0.2, -0.15) is 17.7 Å². The van der Waals surface area contributed by atoms with Crippen molar-refractivity contribution in [3.8, 4) is 5.88 Å². The molecule has 0 radical (unpaired) electrons. The highest BCUT2D eigenvalue weighted by molar-refractivity contribution is 6.29. The molecule has 0 bridgehead atoms. The van der Waals surface area contributed by atoms with E-state index < -0.39 is 18.3 Å². The summed E-state index contributed by atoms with van der Waals surface area (Å²) in [7, 11) is 0. The van der Waals surface area contributed by atoms with E-state index in [1.807, 2.05) is 0 Å². The van der Waals surface area contributed by atoms with Crippen molar-refractivity contribution in [2.75, 3.05) is 6.61 Å². The van der Waals surface area contributed by atoms with Crippen LogP contribution in [-0.4, -0.2) is 31.9 Å². The molecular weight excluding hydrogens is 361 g/mol. The molecule has 0 aliphatic carbocycles. The predicted molar refractivity (Wildman–Crippen MR) is 84.1 cm³/mol. The van der Waals surface area contributed by atoms with E-state index in [0.29, 0.717) is 23.0 Å². The summed E-state index contributed by atoms with van der Waals surface area (Å²) < 4.78 is 44.2. The maximum absolute atomic E-state index is 12.3. The standard InChI is InChI=1S/C15H12ClF3N4O2/c1-9-4-14(24)23-13(5-12(21-23)25-8-15(17,18)19)22(9)7-10-2-3-11(16)20-6-10/h2-6H,7-8H2,1H3. The fourth-order valence-electron chi connectivity index (χ4n) is 2.32. The van der Waals surface area contributed by atoms with E-state index in [1.165, 1.54) is 12.1 Å². The lowest BCUT2D eigenvalue weighted by Gasteiger charge is -2.12. The van der Waals surface area contributed by atoms with Crippen molar-refractivity contribution in [3.05, 3.63) is 57.2 Å². The molecule has 0 unspecified atom stereocenters. The Morgan fingerprint density at radius 3 is 2.68 bits per heavy atom. The van der Waals surface area contributed by atoms with E-state index in [-0.39, 0.29) is 5.88 Å². The largest absolute Gasteiger partial charge is 0.467 e. The number of halogens is 4. The van der Waals surface area contributed by atoms with Crippen LogP contribution in [0.5, 0.6) is 5.88 Å². The number of ether oxygens (including phenoxy) is 1. The molecule has 0 amide bonds. The third-order valence-corrected chi connectivity index (χ3v) is 3.65. The van der Waals surface area contributed by atoms with Gasteiger partial charge in [0.25, 0.3) is 5.56 Å². The predicted octanol–water partition coefficient (Wildman–Crippen LogP) is 2.84. The molecule has 25 heavy (non-hydrogen) atoms. The molecule has 0 aliphatic rings. The summed E-state index contributed by atoms with van der Waals surface area (Å²) in [4.78, 5) is 16.0. The molecule has 0 aliphatic heterocycles. The highest BCUT2D eigenvalue weighted by Crippen LogP contribution is 2.19. The van der Waals surface area contributed by atoms with Gasteiger partial charge in [-0.05, 0) is 18.6 Å². The summed E-state index contributed by atoms with van der Waals surface area (Å²) in [5.41, 5.74) is 1.28. The van der Waals surface area contributed by atoms with Gasteiger partial charge in [0, 0.05) is 24.0 Å². The summed E-state index contributed by atoms with van der Waals surface area (Å²) in [5, 5.41) is 4.14. The van der Waals surface area contributed by atoms with Crippen LogP contribution in [0.1, 0.15) is 11.3 Å². The van der Waals surface area contributed by atoms with Crippen LogP contribution in [0.3, 0.4) is 0 Å². The van der Waals surface area contributed by atoms with Crippen LogP contribution in [-0.2, 0) is 6.54 Å². The average Bonchev–Trinajstić information content (AvgIpc) is 2.95. The molecule has 6 nitrogen and oxygen atoms in total. The van der Waals surface area contributed by atoms with E-state index in [1.54, 1.807) is 29.8 Å². The molecule has 3 aromatic rings. The quantitative estimate of drug-likeness (QED) is 0.661. The Bertz CT molecular complexity index is 964. The Morgan fingerprint density at radius 2 is 2.04 bits per heavy atom. The van der Waals surface area contributed by atoms with E-state index in [2.05, 4.69) is 14.8 Å². The zero-order valence-corrected chi connectivity index (χ0v) is 13.7. The van der Waals surface area contributed by atoms with Crippen molar-refractivity contribution < 1.29 is 17.9 Å². The van der Waals surface area contributed by atoms with Gasteiger partial charge >= 0.3 is 6.18 Å². The van der Waals surface area contributed by atoms with Crippen LogP contribution < -0.4 is 10.3 Å². The highest BCUT2D eigenvalue weighted by Gasteiger charge is 2.29. The molecule has 0 fully saturated rings. The van der Waals surface area contributed by atoms with Gasteiger partial charge in [0.1, 0.15) is 10.8 Å². The Hall–Kier alpha value is -2.55. The lowest BCUT2D eigenvalue weighted by atomic mass is 10.2. The van der Waals surface area contributed by atoms with E-state index >= 15 is 0 Å². The zero-order chi connectivity index (χ0) is 18.2. The average molecular weight is 373 g/mol. The number of alkyl halides is 3. The first kappa shape index (κ1) is 17.3. The zero-order valence-electron chi connectivity index (χ0n) is 12.9. The van der Waals surface area contributed by atoms with Crippen LogP contribution in [0.25, 0.3) is 5.65 Å². The molecule has 0 atom stereocenters. The summed E-state index contributed by atoms with van der Waals surface area (Å²) >= 11 is 5.75. The second kappa shape index (κ2) is 6.40. The second-order valence-electron chi connectivity index (χ2n) is 5.36. The first-order chi connectivity index (χ1) is 11.7. The van der Waals surface area contributed by atoms with E-state index in [4.69, 9.17) is 11.6 Å². The summed E-state index contributed by atoms with van der Waals surface area (Å²) in [6.45, 7) is 0.573. The number of hydrogen-bond donors (Lipinski definition) is 0. The van der Waals surface area contributed by atoms with Gasteiger partial charge in [-0.3, -0.25) is 4.79 Å². The maximum atomic E-state index is 12.3. The van der Waals surface area contributed by atoms with Gasteiger partial charge < -0.3 is 9.30 Å². The lowest BCUT2D eigenvalue weighted by molar-refractivity contribution is -0.154. The lowest BCUT2D eigenvalue weighted by Crippen LogP contribution is -2.21. The summed E-state index contributed by atoms with van der Waals surface area (Å²) in [6.07, 6.45) is -2.91. The van der Waals surface area contributed by atoms with Crippen molar-refractivity contribution in [2.24, 2.45) is 0 Å². The van der Waals surface area contributed by atoms with E-state index in [0.717, 1.165) is 10.1 Å². The van der Waals surface area contributed by atoms with Gasteiger partial charge in [-0.1, -0.05) is 17.7 Å². The van der Waals surface area contributed by atoms with Gasteiger partial charge in [0.15, 0.2) is 6.61 Å². The molecule has 0 spiro atoms. The first-order valence-electron chi connectivity index (χ1n) is 7.13. The summed E-state index contributed by atoms with van der Waals surface area (Å²) in [5.74, 6) is -0.275. The molecule has 0 saturated heterocycles. The molecule has 0 N–H and O–H groups in total. The van der Waals surface area contributed by atoms with Gasteiger partial charge in [-0.15, -0.1) is 5.10 Å². The van der Waals surface area contributed by atoms with Crippen LogP contribution in [0.2, 0.25) is 5.15 Å². The smallest absolute Gasteiger partial charge is 0.422 e. The minimum Gasteiger partial charge on any atom is -0.467 e. The molecule has 3 rings (SSSR count). The molecular formula is C15H12ClF3N4O2. The number of aromatic nitrogens is 4. The fourth-order valence-corrected chi connectivity index (χ4v) is 2.43. The minimum absolute atomic E-state index is 0.275. The highest BCUT2D eigenvalue weighted by atomic mass is 35.5. The SMILES string of the molecule is Cc1cc(=O)n2nc(OCC(F)(F)F)cc2n1Cc1ccc(Cl)nc1. The van der Waals surface area contributed by atoms with Crippen molar-refractivity contribution >= 4 is 17.2 Å². The number of aryl methyl sites for hydroxylation is 1. The monoisotopic (exact) mass is 372 g/mol. The Morgan fingerprint density at radius 1 is 1.28 bits per heavy atom. The number of rotatable bonds is 4. The maximum Gasteiger partial charge on any atom is 0.422 e. The normalized spacial score (nSPS) is 11.9. The Kier molecular flexibility index (Phi) is 4.42. The van der Waals surface area contributed by atoms with Crippen molar-refractivity contribution in [1.82, 2.24) is 19.2 Å². The molecule has 132 valence electrons. The van der Waals surface area contributed by atoms with Gasteiger partial charge in [0.2, 0.25) is 5.88 Å². The molecule has 0 aromatic carbocycles. The van der Waals surface area contributed by atoms with Crippen molar-refractivity contribution in [2.45, 2.75) is 19.6 Å². The number of hydrogen-bond acceptors (Lipinski definition) is 4. The Balaban J connectivity index is 2.00. The van der Waals surface area contributed by atoms with Crippen LogP contribution in [0, 0.1) is 6.92 Å². The number of nitrogens with zero attached hydrogens (tertiary/aromatic N) is 4. The number of fused-ring (bicyclic) bond motifs is 1. The molecule has 3 heterocycles. The fraction of sp³-hybridized carbons (Fsp3) is 0.267. The van der Waals surface area contributed by atoms with Crippen LogP contribution >= 0.6 is 11.6 Å². The van der Waals surface area contributed by atoms with Gasteiger partial charge in [0.05, 0.1) is 6.54 Å². The van der Waals surface area contributed by atoms with Crippen molar-refractivity contribution in [1.29, 1.82) is 0 Å². The molecule has 3 aromatic heterocycles. The number of pyridine rings is 1. The van der Waals surface area contributed by atoms with Crippen LogP contribution in [0.4, 0.5) is 13.2 Å². The third-order valence-electron chi connectivity index (χ3n) is 3.42. The second-order valence-corrected chi connectivity index (χ2v) is 5.74. The van der Waals surface area contributed by atoms with Crippen molar-refractivity contribution in [3.63, 3.8) is 0 Å². The minimum atomic E-state index is -4.49. The molecule has 0 saturated carbocycles. The van der Waals surface area contributed by atoms with Gasteiger partial charge in [-0.25, -0.2) is 4.98 Å². The third kappa shape index (κ3) is 3.93. The Labute approximate surface area is 144 Å². The topological polar surface area (TPSA) is 61.4 Å². The summed E-state index contributed by atoms with van der Waals surface area (Å²) in [6, 6.07) is 6.03.